The Hall–Kier alpha value is -4.13. The maximum Gasteiger partial charge on any atom is 0.573 e. The van der Waals surface area contributed by atoms with Gasteiger partial charge in [-0.25, -0.2) is 4.79 Å². The molecule has 3 aromatic carbocycles. The number of fused-ring (bicyclic) bond motifs is 2. The molecule has 5 rings (SSSR count). The lowest BCUT2D eigenvalue weighted by Gasteiger charge is -2.41. The molecule has 2 aliphatic rings. The monoisotopic (exact) mass is 622 g/mol. The van der Waals surface area contributed by atoms with E-state index in [1.807, 2.05) is 0 Å². The second-order valence-corrected chi connectivity index (χ2v) is 11.6. The van der Waals surface area contributed by atoms with Gasteiger partial charge in [0.25, 0.3) is 0 Å². The van der Waals surface area contributed by atoms with Crippen molar-refractivity contribution in [3.05, 3.63) is 71.8 Å². The van der Waals surface area contributed by atoms with E-state index in [0.717, 1.165) is 30.8 Å². The number of aromatic hydroxyl groups is 1. The Morgan fingerprint density at radius 2 is 1.61 bits per heavy atom. The molecule has 3 N–H and O–H groups in total. The van der Waals surface area contributed by atoms with Crippen LogP contribution in [-0.4, -0.2) is 48.6 Å². The summed E-state index contributed by atoms with van der Waals surface area (Å²) in [4.78, 5) is 16.8. The van der Waals surface area contributed by atoms with Crippen LogP contribution in [0.25, 0.3) is 0 Å². The third-order valence-electron chi connectivity index (χ3n) is 7.95. The van der Waals surface area contributed by atoms with Crippen LogP contribution in [0.5, 0.6) is 11.5 Å². The van der Waals surface area contributed by atoms with E-state index in [4.69, 9.17) is 0 Å². The molecule has 0 aliphatic carbocycles. The number of piperidine rings is 1. The van der Waals surface area contributed by atoms with Crippen molar-refractivity contribution in [1.29, 1.82) is 0 Å². The fourth-order valence-corrected chi connectivity index (χ4v) is 6.22. The molecule has 1 spiro atoms. The van der Waals surface area contributed by atoms with Crippen LogP contribution in [0.2, 0.25) is 0 Å². The van der Waals surface area contributed by atoms with E-state index in [0.29, 0.717) is 37.5 Å². The number of hydrogen-bond donors (Lipinski definition) is 3. The van der Waals surface area contributed by atoms with Crippen LogP contribution in [0.4, 0.5) is 53.9 Å². The van der Waals surface area contributed by atoms with Crippen LogP contribution in [0.1, 0.15) is 37.8 Å². The Kier molecular flexibility index (Phi) is 8.36. The largest absolute Gasteiger partial charge is 0.573 e. The summed E-state index contributed by atoms with van der Waals surface area (Å²) in [7, 11) is 0. The first kappa shape index (κ1) is 31.3. The molecule has 236 valence electrons. The van der Waals surface area contributed by atoms with E-state index in [9.17, 15) is 36.2 Å². The van der Waals surface area contributed by atoms with Crippen molar-refractivity contribution in [3.8, 4) is 11.5 Å². The standard InChI is InChI=1S/C31H32F6N4O3/c1-19(2)17-40-15-13-29(14-16-40)18-41(27-25(42)12-11-22(26(27)29)30(32,33)34)24-6-4-3-5-23(24)39-28(43)38-20-7-9-21(10-8-20)44-31(35,36)37/h3-12,19,42H,13-18H2,1-2H3,(H2,38,39,43). The number of hydrogen-bond acceptors (Lipinski definition) is 5. The van der Waals surface area contributed by atoms with Gasteiger partial charge in [0.1, 0.15) is 11.5 Å². The average molecular weight is 623 g/mol. The lowest BCUT2D eigenvalue weighted by atomic mass is 9.72. The number of alkyl halides is 6. The molecule has 0 radical (unpaired) electrons. The number of benzene rings is 3. The summed E-state index contributed by atoms with van der Waals surface area (Å²) in [5.41, 5.74) is -0.719. The predicted octanol–water partition coefficient (Wildman–Crippen LogP) is 8.09. The number of likely N-dealkylation sites (tertiary alicyclic amines) is 1. The summed E-state index contributed by atoms with van der Waals surface area (Å²) in [6.07, 6.45) is -8.59. The van der Waals surface area contributed by atoms with Gasteiger partial charge in [-0.3, -0.25) is 0 Å². The number of phenols is 1. The first-order valence-electron chi connectivity index (χ1n) is 14.1. The molecule has 13 heteroatoms. The number of rotatable bonds is 6. The Balaban J connectivity index is 1.45. The smallest absolute Gasteiger partial charge is 0.506 e. The van der Waals surface area contributed by atoms with Crippen molar-refractivity contribution in [3.63, 3.8) is 0 Å². The molecule has 2 aliphatic heterocycles. The molecule has 0 saturated carbocycles. The number of ether oxygens (including phenoxy) is 1. The molecule has 1 fully saturated rings. The SMILES string of the molecule is CC(C)CN1CCC2(CC1)CN(c1ccccc1NC(=O)Nc1ccc(OC(F)(F)F)cc1)c1c(O)ccc(C(F)(F)F)c12. The van der Waals surface area contributed by atoms with Crippen molar-refractivity contribution < 1.29 is 41.0 Å². The fourth-order valence-electron chi connectivity index (χ4n) is 6.22. The molecule has 3 aromatic rings. The van der Waals surface area contributed by atoms with Crippen LogP contribution in [0.15, 0.2) is 60.7 Å². The number of anilines is 4. The zero-order chi connectivity index (χ0) is 31.9. The number of halogens is 6. The minimum Gasteiger partial charge on any atom is -0.506 e. The summed E-state index contributed by atoms with van der Waals surface area (Å²) in [6, 6.07) is 12.4. The van der Waals surface area contributed by atoms with Gasteiger partial charge in [0, 0.05) is 24.2 Å². The van der Waals surface area contributed by atoms with Gasteiger partial charge in [0.05, 0.1) is 22.6 Å². The van der Waals surface area contributed by atoms with Crippen LogP contribution < -0.4 is 20.3 Å². The molecule has 0 bridgehead atoms. The van der Waals surface area contributed by atoms with Crippen LogP contribution in [-0.2, 0) is 11.6 Å². The minimum atomic E-state index is -4.86. The van der Waals surface area contributed by atoms with E-state index >= 15 is 0 Å². The highest BCUT2D eigenvalue weighted by molar-refractivity contribution is 6.02. The molecule has 7 nitrogen and oxygen atoms in total. The minimum absolute atomic E-state index is 0.0621. The number of para-hydroxylation sites is 2. The highest BCUT2D eigenvalue weighted by Gasteiger charge is 2.51. The summed E-state index contributed by atoms with van der Waals surface area (Å²) in [5, 5.41) is 16.2. The van der Waals surface area contributed by atoms with Crippen LogP contribution >= 0.6 is 0 Å². The molecule has 2 amide bonds. The number of nitrogens with zero attached hydrogens (tertiary/aromatic N) is 2. The molecule has 1 saturated heterocycles. The Labute approximate surface area is 250 Å². The first-order chi connectivity index (χ1) is 20.6. The third kappa shape index (κ3) is 6.67. The number of phenolic OH excluding ortho intramolecular Hbond substituents is 1. The van der Waals surface area contributed by atoms with Gasteiger partial charge >= 0.3 is 18.6 Å². The van der Waals surface area contributed by atoms with Gasteiger partial charge in [0.2, 0.25) is 0 Å². The summed E-state index contributed by atoms with van der Waals surface area (Å²) in [5.74, 6) is -0.347. The summed E-state index contributed by atoms with van der Waals surface area (Å²) < 4.78 is 84.5. The van der Waals surface area contributed by atoms with Gasteiger partial charge in [-0.15, -0.1) is 13.2 Å². The molecular weight excluding hydrogens is 590 g/mol. The van der Waals surface area contributed by atoms with E-state index in [-0.39, 0.29) is 34.9 Å². The average Bonchev–Trinajstić information content (AvgIpc) is 3.25. The predicted molar refractivity (Wildman–Crippen MR) is 155 cm³/mol. The first-order valence-corrected chi connectivity index (χ1v) is 14.1. The van der Waals surface area contributed by atoms with E-state index in [1.54, 1.807) is 29.2 Å². The van der Waals surface area contributed by atoms with Gasteiger partial charge in [0.15, 0.2) is 0 Å². The Morgan fingerprint density at radius 3 is 2.23 bits per heavy atom. The second-order valence-electron chi connectivity index (χ2n) is 11.6. The quantitative estimate of drug-likeness (QED) is 0.242. The third-order valence-corrected chi connectivity index (χ3v) is 7.95. The van der Waals surface area contributed by atoms with Crippen molar-refractivity contribution in [2.24, 2.45) is 5.92 Å². The van der Waals surface area contributed by atoms with E-state index < -0.39 is 35.3 Å². The van der Waals surface area contributed by atoms with Crippen molar-refractivity contribution >= 4 is 28.8 Å². The number of carbonyl (C=O) groups is 1. The molecule has 0 atom stereocenters. The van der Waals surface area contributed by atoms with Crippen molar-refractivity contribution in [1.82, 2.24) is 4.90 Å². The molecule has 0 aromatic heterocycles. The molecular formula is C31H32F6N4O3. The summed E-state index contributed by atoms with van der Waals surface area (Å²) in [6.45, 7) is 6.39. The Morgan fingerprint density at radius 1 is 0.955 bits per heavy atom. The zero-order valence-corrected chi connectivity index (χ0v) is 24.0. The molecule has 0 unspecified atom stereocenters. The zero-order valence-electron chi connectivity index (χ0n) is 24.0. The lowest BCUT2D eigenvalue weighted by Crippen LogP contribution is -2.46. The second kappa shape index (κ2) is 11.8. The maximum atomic E-state index is 14.4. The fraction of sp³-hybridized carbons (Fsp3) is 0.387. The number of urea groups is 1. The van der Waals surface area contributed by atoms with Crippen molar-refractivity contribution in [2.75, 3.05) is 41.7 Å². The van der Waals surface area contributed by atoms with Crippen molar-refractivity contribution in [2.45, 2.75) is 44.6 Å². The normalized spacial score (nSPS) is 16.7. The number of nitrogens with one attached hydrogen (secondary N) is 2. The topological polar surface area (TPSA) is 77.1 Å². The highest BCUT2D eigenvalue weighted by Crippen LogP contribution is 2.57. The molecule has 2 heterocycles. The highest BCUT2D eigenvalue weighted by atomic mass is 19.4. The van der Waals surface area contributed by atoms with Crippen LogP contribution in [0, 0.1) is 5.92 Å². The van der Waals surface area contributed by atoms with E-state index in [1.165, 1.54) is 12.1 Å². The number of amides is 2. The van der Waals surface area contributed by atoms with Gasteiger partial charge in [-0.1, -0.05) is 26.0 Å². The van der Waals surface area contributed by atoms with Gasteiger partial charge < -0.3 is 30.3 Å². The van der Waals surface area contributed by atoms with Gasteiger partial charge in [-0.2, -0.15) is 13.2 Å². The molecule has 44 heavy (non-hydrogen) atoms. The Bertz CT molecular complexity index is 1500. The van der Waals surface area contributed by atoms with E-state index in [2.05, 4.69) is 34.1 Å². The van der Waals surface area contributed by atoms with Crippen LogP contribution in [0.3, 0.4) is 0 Å². The summed E-state index contributed by atoms with van der Waals surface area (Å²) >= 11 is 0. The lowest BCUT2D eigenvalue weighted by molar-refractivity contribution is -0.274. The number of carbonyl (C=O) groups excluding carboxylic acids is 1. The van der Waals surface area contributed by atoms with Gasteiger partial charge in [-0.05, 0) is 85.9 Å². The maximum absolute atomic E-state index is 14.4.